The molecule has 2 aromatic rings. The van der Waals surface area contributed by atoms with Crippen LogP contribution in [0.3, 0.4) is 0 Å². The molecule has 138 valence electrons. The van der Waals surface area contributed by atoms with E-state index in [2.05, 4.69) is 77.6 Å². The van der Waals surface area contributed by atoms with Crippen LogP contribution in [0.2, 0.25) is 25.7 Å². The standard InChI is InChI=1S/C19H32N4OSi/c1-6-21-17-8-7-9-18(12-17)22(2)14-19-13-20-15-23(19)16-24-10-11-25(3,4)5/h7-9,12-13,15,21H,6,10-11,14,16H2,1-5H3. The SMILES string of the molecule is CCNc1cccc(N(C)Cc2cncn2COCC[Si](C)(C)C)c1. The maximum atomic E-state index is 5.86. The van der Waals surface area contributed by atoms with Gasteiger partial charge in [-0.3, -0.25) is 0 Å². The first-order valence-corrected chi connectivity index (χ1v) is 12.7. The molecule has 0 saturated carbocycles. The van der Waals surface area contributed by atoms with Gasteiger partial charge in [-0.25, -0.2) is 4.98 Å². The topological polar surface area (TPSA) is 42.3 Å². The maximum Gasteiger partial charge on any atom is 0.124 e. The number of nitrogens with one attached hydrogen (secondary N) is 1. The highest BCUT2D eigenvalue weighted by Crippen LogP contribution is 2.20. The van der Waals surface area contributed by atoms with Crippen molar-refractivity contribution in [3.63, 3.8) is 0 Å². The molecule has 0 spiro atoms. The molecular weight excluding hydrogens is 328 g/mol. The fourth-order valence-electron chi connectivity index (χ4n) is 2.53. The molecule has 0 bridgehead atoms. The lowest BCUT2D eigenvalue weighted by Gasteiger charge is -2.21. The molecule has 0 radical (unpaired) electrons. The first-order chi connectivity index (χ1) is 11.9. The van der Waals surface area contributed by atoms with Gasteiger partial charge < -0.3 is 19.5 Å². The van der Waals surface area contributed by atoms with Gasteiger partial charge in [0.1, 0.15) is 6.73 Å². The van der Waals surface area contributed by atoms with E-state index in [9.17, 15) is 0 Å². The lowest BCUT2D eigenvalue weighted by atomic mass is 10.2. The molecular formula is C19H32N4OSi. The lowest BCUT2D eigenvalue weighted by Crippen LogP contribution is -2.22. The van der Waals surface area contributed by atoms with Crippen LogP contribution in [0, 0.1) is 0 Å². The number of hydrogen-bond acceptors (Lipinski definition) is 4. The van der Waals surface area contributed by atoms with Crippen molar-refractivity contribution in [3.05, 3.63) is 42.5 Å². The Morgan fingerprint density at radius 1 is 1.28 bits per heavy atom. The zero-order valence-corrected chi connectivity index (χ0v) is 17.2. The summed E-state index contributed by atoms with van der Waals surface area (Å²) in [7, 11) is 1.07. The Morgan fingerprint density at radius 3 is 2.80 bits per heavy atom. The monoisotopic (exact) mass is 360 g/mol. The summed E-state index contributed by atoms with van der Waals surface area (Å²) in [6.07, 6.45) is 3.78. The Labute approximate surface area is 153 Å². The van der Waals surface area contributed by atoms with Crippen LogP contribution in [0.4, 0.5) is 11.4 Å². The Hall–Kier alpha value is -1.79. The van der Waals surface area contributed by atoms with Crippen LogP contribution in [-0.2, 0) is 18.0 Å². The molecule has 1 heterocycles. The third kappa shape index (κ3) is 6.55. The smallest absolute Gasteiger partial charge is 0.124 e. The molecule has 1 aromatic heterocycles. The van der Waals surface area contributed by atoms with Gasteiger partial charge in [0.15, 0.2) is 0 Å². The highest BCUT2D eigenvalue weighted by Gasteiger charge is 2.12. The van der Waals surface area contributed by atoms with Crippen LogP contribution < -0.4 is 10.2 Å². The summed E-state index contributed by atoms with van der Waals surface area (Å²) < 4.78 is 7.95. The molecule has 1 aromatic carbocycles. The van der Waals surface area contributed by atoms with E-state index in [0.29, 0.717) is 6.73 Å². The first-order valence-electron chi connectivity index (χ1n) is 9.01. The molecule has 0 aliphatic rings. The lowest BCUT2D eigenvalue weighted by molar-refractivity contribution is 0.0853. The molecule has 0 saturated heterocycles. The van der Waals surface area contributed by atoms with Crippen LogP contribution in [-0.4, -0.2) is 37.8 Å². The number of nitrogens with zero attached hydrogens (tertiary/aromatic N) is 3. The fourth-order valence-corrected chi connectivity index (χ4v) is 3.29. The Morgan fingerprint density at radius 2 is 2.08 bits per heavy atom. The van der Waals surface area contributed by atoms with Gasteiger partial charge in [-0.05, 0) is 31.2 Å². The molecule has 5 nitrogen and oxygen atoms in total. The van der Waals surface area contributed by atoms with Crippen LogP contribution in [0.1, 0.15) is 12.6 Å². The average Bonchev–Trinajstić information content (AvgIpc) is 2.98. The van der Waals surface area contributed by atoms with Crippen LogP contribution in [0.5, 0.6) is 0 Å². The van der Waals surface area contributed by atoms with Crippen LogP contribution in [0.15, 0.2) is 36.8 Å². The highest BCUT2D eigenvalue weighted by molar-refractivity contribution is 6.76. The summed E-state index contributed by atoms with van der Waals surface area (Å²) in [4.78, 5) is 6.53. The largest absolute Gasteiger partial charge is 0.385 e. The summed E-state index contributed by atoms with van der Waals surface area (Å²) in [5.74, 6) is 0. The van der Waals surface area contributed by atoms with E-state index in [4.69, 9.17) is 4.74 Å². The number of hydrogen-bond donors (Lipinski definition) is 1. The van der Waals surface area contributed by atoms with Crippen molar-refractivity contribution in [1.29, 1.82) is 0 Å². The van der Waals surface area contributed by atoms with Gasteiger partial charge in [0, 0.05) is 39.6 Å². The third-order valence-electron chi connectivity index (χ3n) is 4.09. The molecule has 0 aliphatic carbocycles. The van der Waals surface area contributed by atoms with E-state index in [0.717, 1.165) is 31.1 Å². The number of ether oxygens (including phenoxy) is 1. The minimum atomic E-state index is -1.04. The quantitative estimate of drug-likeness (QED) is 0.508. The van der Waals surface area contributed by atoms with Gasteiger partial charge in [0.25, 0.3) is 0 Å². The van der Waals surface area contributed by atoms with Gasteiger partial charge in [-0.15, -0.1) is 0 Å². The van der Waals surface area contributed by atoms with Gasteiger partial charge in [0.05, 0.1) is 24.8 Å². The predicted molar refractivity (Wildman–Crippen MR) is 109 cm³/mol. The zero-order chi connectivity index (χ0) is 18.3. The summed E-state index contributed by atoms with van der Waals surface area (Å²) in [5.41, 5.74) is 3.49. The van der Waals surface area contributed by atoms with Crippen molar-refractivity contribution >= 4 is 19.4 Å². The average molecular weight is 361 g/mol. The molecule has 0 atom stereocenters. The summed E-state index contributed by atoms with van der Waals surface area (Å²) in [5, 5.41) is 3.36. The van der Waals surface area contributed by atoms with E-state index in [1.165, 1.54) is 11.7 Å². The molecule has 0 unspecified atom stereocenters. The Kier molecular flexibility index (Phi) is 7.08. The number of rotatable bonds is 10. The molecule has 0 amide bonds. The second-order valence-corrected chi connectivity index (χ2v) is 13.3. The fraction of sp³-hybridized carbons (Fsp3) is 0.526. The van der Waals surface area contributed by atoms with E-state index in [1.54, 1.807) is 0 Å². The van der Waals surface area contributed by atoms with Crippen LogP contribution >= 0.6 is 0 Å². The third-order valence-corrected chi connectivity index (χ3v) is 5.80. The zero-order valence-electron chi connectivity index (χ0n) is 16.2. The maximum absolute atomic E-state index is 5.86. The molecule has 25 heavy (non-hydrogen) atoms. The van der Waals surface area contributed by atoms with E-state index < -0.39 is 8.07 Å². The normalized spacial score (nSPS) is 11.6. The highest BCUT2D eigenvalue weighted by atomic mass is 28.3. The summed E-state index contributed by atoms with van der Waals surface area (Å²) >= 11 is 0. The van der Waals surface area contributed by atoms with E-state index in [-0.39, 0.29) is 0 Å². The van der Waals surface area contributed by atoms with E-state index in [1.807, 2.05) is 12.5 Å². The number of anilines is 2. The van der Waals surface area contributed by atoms with Gasteiger partial charge in [-0.1, -0.05) is 25.7 Å². The Bertz CT molecular complexity index is 651. The number of imidazole rings is 1. The molecule has 6 heteroatoms. The van der Waals surface area contributed by atoms with Crippen molar-refractivity contribution in [2.75, 3.05) is 30.4 Å². The van der Waals surface area contributed by atoms with Crippen molar-refractivity contribution in [2.24, 2.45) is 0 Å². The molecule has 1 N–H and O–H groups in total. The molecule has 2 rings (SSSR count). The minimum Gasteiger partial charge on any atom is -0.385 e. The molecule has 0 aliphatic heterocycles. The number of benzene rings is 1. The Balaban J connectivity index is 1.92. The molecule has 0 fully saturated rings. The van der Waals surface area contributed by atoms with Crippen molar-refractivity contribution in [1.82, 2.24) is 9.55 Å². The van der Waals surface area contributed by atoms with Crippen molar-refractivity contribution in [3.8, 4) is 0 Å². The second-order valence-electron chi connectivity index (χ2n) is 7.64. The van der Waals surface area contributed by atoms with Gasteiger partial charge in [-0.2, -0.15) is 0 Å². The predicted octanol–water partition coefficient (Wildman–Crippen LogP) is 4.26. The summed E-state index contributed by atoms with van der Waals surface area (Å²) in [6, 6.07) is 9.67. The van der Waals surface area contributed by atoms with Crippen molar-refractivity contribution < 1.29 is 4.74 Å². The number of aromatic nitrogens is 2. The minimum absolute atomic E-state index is 0.574. The summed E-state index contributed by atoms with van der Waals surface area (Å²) in [6.45, 7) is 12.3. The van der Waals surface area contributed by atoms with E-state index >= 15 is 0 Å². The van der Waals surface area contributed by atoms with Gasteiger partial charge in [0.2, 0.25) is 0 Å². The van der Waals surface area contributed by atoms with Crippen LogP contribution in [0.25, 0.3) is 0 Å². The van der Waals surface area contributed by atoms with Crippen molar-refractivity contribution in [2.45, 2.75) is 45.9 Å². The first kappa shape index (κ1) is 19.5. The van der Waals surface area contributed by atoms with Gasteiger partial charge >= 0.3 is 0 Å². The second kappa shape index (κ2) is 9.06.